The standard InChI is InChI=1S/C15H13BrN2S/c1-9-4-3-5-13(10(9)2)18-14-8-11(16)6-7-12(14)17-15(18)19/h3-8H,1-2H3,(H,17,19). The number of hydrogen-bond donors (Lipinski definition) is 1. The molecule has 3 aromatic rings. The Morgan fingerprint density at radius 1 is 1.16 bits per heavy atom. The van der Waals surface area contributed by atoms with Gasteiger partial charge in [0.15, 0.2) is 4.77 Å². The van der Waals surface area contributed by atoms with Crippen LogP contribution in [0.4, 0.5) is 0 Å². The molecule has 1 aromatic heterocycles. The normalized spacial score (nSPS) is 11.1. The summed E-state index contributed by atoms with van der Waals surface area (Å²) in [6, 6.07) is 12.4. The van der Waals surface area contributed by atoms with Crippen LogP contribution in [0.15, 0.2) is 40.9 Å². The molecule has 4 heteroatoms. The SMILES string of the molecule is Cc1cccc(-n2c(=S)[nH]c3ccc(Br)cc32)c1C. The van der Waals surface area contributed by atoms with Crippen LogP contribution in [0.1, 0.15) is 11.1 Å². The van der Waals surface area contributed by atoms with E-state index in [-0.39, 0.29) is 0 Å². The first-order valence-corrected chi connectivity index (χ1v) is 7.25. The van der Waals surface area contributed by atoms with Gasteiger partial charge >= 0.3 is 0 Å². The molecule has 1 N–H and O–H groups in total. The first-order chi connectivity index (χ1) is 9.08. The van der Waals surface area contributed by atoms with Gasteiger partial charge in [-0.15, -0.1) is 0 Å². The summed E-state index contributed by atoms with van der Waals surface area (Å²) in [5.74, 6) is 0. The number of aromatic amines is 1. The van der Waals surface area contributed by atoms with Gasteiger partial charge in [0.25, 0.3) is 0 Å². The number of hydrogen-bond acceptors (Lipinski definition) is 1. The van der Waals surface area contributed by atoms with Crippen molar-refractivity contribution in [2.24, 2.45) is 0 Å². The molecule has 3 rings (SSSR count). The highest BCUT2D eigenvalue weighted by molar-refractivity contribution is 9.10. The minimum Gasteiger partial charge on any atom is -0.330 e. The molecular weight excluding hydrogens is 320 g/mol. The third-order valence-electron chi connectivity index (χ3n) is 3.46. The molecule has 0 aliphatic heterocycles. The zero-order chi connectivity index (χ0) is 13.6. The van der Waals surface area contributed by atoms with Crippen molar-refractivity contribution in [3.05, 3.63) is 56.8 Å². The molecule has 0 spiro atoms. The summed E-state index contributed by atoms with van der Waals surface area (Å²) in [7, 11) is 0. The molecule has 2 nitrogen and oxygen atoms in total. The molecule has 0 aliphatic rings. The van der Waals surface area contributed by atoms with Crippen molar-refractivity contribution in [1.29, 1.82) is 0 Å². The maximum Gasteiger partial charge on any atom is 0.182 e. The molecule has 19 heavy (non-hydrogen) atoms. The zero-order valence-electron chi connectivity index (χ0n) is 10.7. The highest BCUT2D eigenvalue weighted by Gasteiger charge is 2.09. The van der Waals surface area contributed by atoms with E-state index in [0.717, 1.165) is 26.0 Å². The van der Waals surface area contributed by atoms with Crippen LogP contribution in [0.25, 0.3) is 16.7 Å². The Morgan fingerprint density at radius 2 is 1.95 bits per heavy atom. The van der Waals surface area contributed by atoms with Crippen molar-refractivity contribution in [3.8, 4) is 5.69 Å². The van der Waals surface area contributed by atoms with E-state index in [1.54, 1.807) is 0 Å². The number of halogens is 1. The van der Waals surface area contributed by atoms with Crippen LogP contribution in [0, 0.1) is 18.6 Å². The number of aryl methyl sites for hydroxylation is 1. The Balaban J connectivity index is 2.42. The fourth-order valence-corrected chi connectivity index (χ4v) is 2.95. The summed E-state index contributed by atoms with van der Waals surface area (Å²) in [6.07, 6.45) is 0. The van der Waals surface area contributed by atoms with Gasteiger partial charge in [-0.05, 0) is 61.5 Å². The second-order valence-electron chi connectivity index (χ2n) is 4.65. The lowest BCUT2D eigenvalue weighted by atomic mass is 10.1. The first kappa shape index (κ1) is 12.6. The molecule has 0 radical (unpaired) electrons. The van der Waals surface area contributed by atoms with Crippen LogP contribution in [0.2, 0.25) is 0 Å². The van der Waals surface area contributed by atoms with Gasteiger partial charge in [-0.3, -0.25) is 4.57 Å². The minimum absolute atomic E-state index is 0.724. The molecule has 0 aliphatic carbocycles. The van der Waals surface area contributed by atoms with Crippen LogP contribution in [-0.4, -0.2) is 9.55 Å². The maximum atomic E-state index is 5.47. The molecule has 96 valence electrons. The molecule has 0 atom stereocenters. The summed E-state index contributed by atoms with van der Waals surface area (Å²) in [6.45, 7) is 4.25. The lowest BCUT2D eigenvalue weighted by molar-refractivity contribution is 1.04. The second kappa shape index (κ2) is 4.62. The van der Waals surface area contributed by atoms with Gasteiger partial charge in [0.2, 0.25) is 0 Å². The lowest BCUT2D eigenvalue weighted by Gasteiger charge is -2.10. The van der Waals surface area contributed by atoms with Crippen molar-refractivity contribution in [3.63, 3.8) is 0 Å². The largest absolute Gasteiger partial charge is 0.330 e. The highest BCUT2D eigenvalue weighted by Crippen LogP contribution is 2.25. The van der Waals surface area contributed by atoms with E-state index in [4.69, 9.17) is 12.2 Å². The second-order valence-corrected chi connectivity index (χ2v) is 5.95. The molecule has 0 amide bonds. The van der Waals surface area contributed by atoms with Gasteiger partial charge < -0.3 is 4.98 Å². The highest BCUT2D eigenvalue weighted by atomic mass is 79.9. The third-order valence-corrected chi connectivity index (χ3v) is 4.24. The molecule has 1 heterocycles. The smallest absolute Gasteiger partial charge is 0.182 e. The van der Waals surface area contributed by atoms with Gasteiger partial charge in [-0.2, -0.15) is 0 Å². The lowest BCUT2D eigenvalue weighted by Crippen LogP contribution is -1.98. The number of fused-ring (bicyclic) bond motifs is 1. The van der Waals surface area contributed by atoms with Gasteiger partial charge in [0.1, 0.15) is 0 Å². The Kier molecular flexibility index (Phi) is 3.07. The fourth-order valence-electron chi connectivity index (χ4n) is 2.29. The van der Waals surface area contributed by atoms with E-state index >= 15 is 0 Å². The Labute approximate surface area is 125 Å². The van der Waals surface area contributed by atoms with Crippen LogP contribution >= 0.6 is 28.1 Å². The van der Waals surface area contributed by atoms with Crippen LogP contribution in [0.3, 0.4) is 0 Å². The number of benzene rings is 2. The number of imidazole rings is 1. The number of H-pyrrole nitrogens is 1. The third kappa shape index (κ3) is 2.05. The predicted octanol–water partition coefficient (Wildman–Crippen LogP) is 5.07. The summed E-state index contributed by atoms with van der Waals surface area (Å²) >= 11 is 8.99. The van der Waals surface area contributed by atoms with E-state index in [9.17, 15) is 0 Å². The monoisotopic (exact) mass is 332 g/mol. The molecule has 0 saturated carbocycles. The van der Waals surface area contributed by atoms with Gasteiger partial charge in [-0.25, -0.2) is 0 Å². The molecule has 0 fully saturated rings. The number of nitrogens with one attached hydrogen (secondary N) is 1. The summed E-state index contributed by atoms with van der Waals surface area (Å²) < 4.78 is 3.87. The summed E-state index contributed by atoms with van der Waals surface area (Å²) in [4.78, 5) is 3.26. The minimum atomic E-state index is 0.724. The van der Waals surface area contributed by atoms with Crippen LogP contribution in [-0.2, 0) is 0 Å². The summed E-state index contributed by atoms with van der Waals surface area (Å²) in [5.41, 5.74) is 5.79. The van der Waals surface area contributed by atoms with Crippen molar-refractivity contribution in [2.75, 3.05) is 0 Å². The average Bonchev–Trinajstić information content (AvgIpc) is 2.69. The summed E-state index contributed by atoms with van der Waals surface area (Å²) in [5, 5.41) is 0. The molecule has 0 bridgehead atoms. The topological polar surface area (TPSA) is 20.7 Å². The molecule has 0 saturated heterocycles. The fraction of sp³-hybridized carbons (Fsp3) is 0.133. The predicted molar refractivity (Wildman–Crippen MR) is 85.6 cm³/mol. The van der Waals surface area contributed by atoms with Gasteiger partial charge in [-0.1, -0.05) is 28.1 Å². The first-order valence-electron chi connectivity index (χ1n) is 6.05. The Bertz CT molecular complexity index is 830. The molecule has 2 aromatic carbocycles. The molecular formula is C15H13BrN2S. The van der Waals surface area contributed by atoms with E-state index in [0.29, 0.717) is 0 Å². The van der Waals surface area contributed by atoms with E-state index in [1.165, 1.54) is 11.1 Å². The van der Waals surface area contributed by atoms with Crippen molar-refractivity contribution in [2.45, 2.75) is 13.8 Å². The number of aromatic nitrogens is 2. The zero-order valence-corrected chi connectivity index (χ0v) is 13.1. The van der Waals surface area contributed by atoms with E-state index in [1.807, 2.05) is 12.1 Å². The Morgan fingerprint density at radius 3 is 2.74 bits per heavy atom. The average molecular weight is 333 g/mol. The van der Waals surface area contributed by atoms with Crippen molar-refractivity contribution in [1.82, 2.24) is 9.55 Å². The number of nitrogens with zero attached hydrogens (tertiary/aromatic N) is 1. The maximum absolute atomic E-state index is 5.47. The molecule has 0 unspecified atom stereocenters. The number of rotatable bonds is 1. The van der Waals surface area contributed by atoms with Crippen molar-refractivity contribution >= 4 is 39.2 Å². The van der Waals surface area contributed by atoms with Crippen molar-refractivity contribution < 1.29 is 0 Å². The van der Waals surface area contributed by atoms with Crippen LogP contribution in [0.5, 0.6) is 0 Å². The Hall–Kier alpha value is -1.39. The van der Waals surface area contributed by atoms with E-state index < -0.39 is 0 Å². The van der Waals surface area contributed by atoms with Gasteiger partial charge in [0, 0.05) is 4.47 Å². The quantitative estimate of drug-likeness (QED) is 0.617. The van der Waals surface area contributed by atoms with Crippen LogP contribution < -0.4 is 0 Å². The van der Waals surface area contributed by atoms with Gasteiger partial charge in [0.05, 0.1) is 16.7 Å². The van der Waals surface area contributed by atoms with E-state index in [2.05, 4.69) is 63.6 Å².